The second kappa shape index (κ2) is 6.82. The molecule has 7 heteroatoms. The van der Waals surface area contributed by atoms with Crippen LogP contribution >= 0.6 is 51.3 Å². The standard InChI is InChI=1S/C14H15BrCl2N2OS/c15-8-4-5-9(11(17)10(8)16)19-13(20)14(12(18)21)6-2-1-3-7-14/h4-5H,1-3,6-7H2,(H2,18,21)(H,19,20). The van der Waals surface area contributed by atoms with E-state index in [1.54, 1.807) is 12.1 Å². The monoisotopic (exact) mass is 408 g/mol. The van der Waals surface area contributed by atoms with Gasteiger partial charge in [0, 0.05) is 4.47 Å². The maximum Gasteiger partial charge on any atom is 0.237 e. The number of hydrogen-bond acceptors (Lipinski definition) is 2. The molecule has 0 bridgehead atoms. The van der Waals surface area contributed by atoms with Gasteiger partial charge in [-0.15, -0.1) is 0 Å². The predicted octanol–water partition coefficient (Wildman–Crippen LogP) is 4.93. The molecule has 0 spiro atoms. The Morgan fingerprint density at radius 1 is 1.24 bits per heavy atom. The number of halogens is 3. The van der Waals surface area contributed by atoms with Crippen LogP contribution in [0.3, 0.4) is 0 Å². The first-order chi connectivity index (χ1) is 9.88. The quantitative estimate of drug-likeness (QED) is 0.549. The Hall–Kier alpha value is -0.360. The van der Waals surface area contributed by atoms with Crippen LogP contribution in [-0.2, 0) is 4.79 Å². The largest absolute Gasteiger partial charge is 0.392 e. The molecule has 1 aliphatic rings. The lowest BCUT2D eigenvalue weighted by Gasteiger charge is -2.34. The maximum absolute atomic E-state index is 12.7. The van der Waals surface area contributed by atoms with Crippen molar-refractivity contribution < 1.29 is 4.79 Å². The normalized spacial score (nSPS) is 17.3. The van der Waals surface area contributed by atoms with E-state index in [0.717, 1.165) is 19.3 Å². The van der Waals surface area contributed by atoms with Gasteiger partial charge < -0.3 is 11.1 Å². The highest BCUT2D eigenvalue weighted by Gasteiger charge is 2.42. The number of thiocarbonyl (C=S) groups is 1. The Morgan fingerprint density at radius 3 is 2.43 bits per heavy atom. The SMILES string of the molecule is NC(=S)C1(C(=O)Nc2ccc(Br)c(Cl)c2Cl)CCCCC1. The molecule has 1 amide bonds. The van der Waals surface area contributed by atoms with Gasteiger partial charge in [-0.25, -0.2) is 0 Å². The fraction of sp³-hybridized carbons (Fsp3) is 0.429. The van der Waals surface area contributed by atoms with E-state index in [0.29, 0.717) is 33.0 Å². The second-order valence-corrected chi connectivity index (χ2v) is 7.23. The highest BCUT2D eigenvalue weighted by molar-refractivity contribution is 9.10. The summed E-state index contributed by atoms with van der Waals surface area (Å²) < 4.78 is 0.675. The number of nitrogens with two attached hydrogens (primary N) is 1. The minimum absolute atomic E-state index is 0.199. The molecule has 2 rings (SSSR count). The van der Waals surface area contributed by atoms with Crippen molar-refractivity contribution in [2.24, 2.45) is 11.1 Å². The molecule has 0 saturated heterocycles. The van der Waals surface area contributed by atoms with E-state index in [1.807, 2.05) is 0 Å². The molecule has 0 atom stereocenters. The molecule has 1 aliphatic carbocycles. The number of rotatable bonds is 3. The third-order valence-electron chi connectivity index (χ3n) is 3.90. The van der Waals surface area contributed by atoms with Gasteiger partial charge in [0.15, 0.2) is 0 Å². The van der Waals surface area contributed by atoms with Crippen molar-refractivity contribution in [1.82, 2.24) is 0 Å². The molecule has 0 aromatic heterocycles. The molecular formula is C14H15BrCl2N2OS. The summed E-state index contributed by atoms with van der Waals surface area (Å²) in [7, 11) is 0. The highest BCUT2D eigenvalue weighted by Crippen LogP contribution is 2.40. The zero-order valence-corrected chi connectivity index (χ0v) is 15.1. The summed E-state index contributed by atoms with van der Waals surface area (Å²) >= 11 is 20.7. The summed E-state index contributed by atoms with van der Waals surface area (Å²) in [6.07, 6.45) is 4.34. The van der Waals surface area contributed by atoms with Crippen LogP contribution in [0.4, 0.5) is 5.69 Å². The minimum atomic E-state index is -0.781. The third-order valence-corrected chi connectivity index (χ3v) is 6.06. The number of benzene rings is 1. The average Bonchev–Trinajstić information content (AvgIpc) is 2.48. The van der Waals surface area contributed by atoms with Gasteiger partial charge in [-0.2, -0.15) is 0 Å². The Morgan fingerprint density at radius 2 is 1.86 bits per heavy atom. The maximum atomic E-state index is 12.7. The molecule has 1 aromatic carbocycles. The molecule has 114 valence electrons. The van der Waals surface area contributed by atoms with E-state index in [1.165, 1.54) is 0 Å². The van der Waals surface area contributed by atoms with Crippen LogP contribution < -0.4 is 11.1 Å². The topological polar surface area (TPSA) is 55.1 Å². The van der Waals surface area contributed by atoms with Crippen molar-refractivity contribution in [1.29, 1.82) is 0 Å². The molecule has 21 heavy (non-hydrogen) atoms. The summed E-state index contributed by atoms with van der Waals surface area (Å²) in [6.45, 7) is 0. The van der Waals surface area contributed by atoms with Gasteiger partial charge in [0.1, 0.15) is 0 Å². The molecule has 0 heterocycles. The Kier molecular flexibility index (Phi) is 5.52. The van der Waals surface area contributed by atoms with E-state index in [9.17, 15) is 4.79 Å². The smallest absolute Gasteiger partial charge is 0.237 e. The zero-order chi connectivity index (χ0) is 15.6. The molecule has 0 unspecified atom stereocenters. The lowest BCUT2D eigenvalue weighted by Crippen LogP contribution is -2.47. The first-order valence-electron chi connectivity index (χ1n) is 6.63. The summed E-state index contributed by atoms with van der Waals surface area (Å²) in [5, 5.41) is 3.49. The third kappa shape index (κ3) is 3.36. The van der Waals surface area contributed by atoms with E-state index in [4.69, 9.17) is 41.2 Å². The molecular weight excluding hydrogens is 395 g/mol. The Balaban J connectivity index is 2.28. The van der Waals surface area contributed by atoms with Crippen molar-refractivity contribution in [3.63, 3.8) is 0 Å². The van der Waals surface area contributed by atoms with Crippen LogP contribution in [0.5, 0.6) is 0 Å². The van der Waals surface area contributed by atoms with Gasteiger partial charge in [-0.1, -0.05) is 54.7 Å². The van der Waals surface area contributed by atoms with E-state index >= 15 is 0 Å². The minimum Gasteiger partial charge on any atom is -0.392 e. The molecule has 1 fully saturated rings. The van der Waals surface area contributed by atoms with Gasteiger partial charge >= 0.3 is 0 Å². The van der Waals surface area contributed by atoms with Crippen LogP contribution in [-0.4, -0.2) is 10.9 Å². The van der Waals surface area contributed by atoms with Crippen molar-refractivity contribution in [3.8, 4) is 0 Å². The molecule has 3 N–H and O–H groups in total. The van der Waals surface area contributed by atoms with Crippen LogP contribution in [0.2, 0.25) is 10.0 Å². The van der Waals surface area contributed by atoms with Crippen molar-refractivity contribution in [3.05, 3.63) is 26.7 Å². The lowest BCUT2D eigenvalue weighted by atomic mass is 9.73. The number of hydrogen-bond donors (Lipinski definition) is 2. The molecule has 1 aromatic rings. The summed E-state index contributed by atoms with van der Waals surface area (Å²) in [5.74, 6) is -0.199. The van der Waals surface area contributed by atoms with Gasteiger partial charge in [-0.05, 0) is 40.9 Å². The lowest BCUT2D eigenvalue weighted by molar-refractivity contribution is -0.123. The number of carbonyl (C=O) groups excluding carboxylic acids is 1. The molecule has 3 nitrogen and oxygen atoms in total. The molecule has 1 saturated carbocycles. The first kappa shape index (κ1) is 17.0. The summed E-state index contributed by atoms with van der Waals surface area (Å²) in [4.78, 5) is 12.9. The summed E-state index contributed by atoms with van der Waals surface area (Å²) in [6, 6.07) is 3.43. The Labute approximate surface area is 147 Å². The van der Waals surface area contributed by atoms with Crippen LogP contribution in [0, 0.1) is 5.41 Å². The van der Waals surface area contributed by atoms with E-state index in [2.05, 4.69) is 21.2 Å². The highest BCUT2D eigenvalue weighted by atomic mass is 79.9. The fourth-order valence-electron chi connectivity index (χ4n) is 2.61. The van der Waals surface area contributed by atoms with Crippen molar-refractivity contribution >= 4 is 67.9 Å². The van der Waals surface area contributed by atoms with Crippen LogP contribution in [0.15, 0.2) is 16.6 Å². The van der Waals surface area contributed by atoms with Gasteiger partial charge in [0.25, 0.3) is 0 Å². The number of carbonyl (C=O) groups is 1. The fourth-order valence-corrected chi connectivity index (χ4v) is 3.72. The zero-order valence-electron chi connectivity index (χ0n) is 11.2. The number of nitrogens with one attached hydrogen (secondary N) is 1. The van der Waals surface area contributed by atoms with Crippen LogP contribution in [0.25, 0.3) is 0 Å². The van der Waals surface area contributed by atoms with Gasteiger partial charge in [-0.3, -0.25) is 4.79 Å². The molecule has 0 aliphatic heterocycles. The van der Waals surface area contributed by atoms with Gasteiger partial charge in [0.2, 0.25) is 5.91 Å². The van der Waals surface area contributed by atoms with E-state index < -0.39 is 5.41 Å². The van der Waals surface area contributed by atoms with Crippen molar-refractivity contribution in [2.45, 2.75) is 32.1 Å². The van der Waals surface area contributed by atoms with E-state index in [-0.39, 0.29) is 10.9 Å². The first-order valence-corrected chi connectivity index (χ1v) is 8.59. The van der Waals surface area contributed by atoms with Crippen molar-refractivity contribution in [2.75, 3.05) is 5.32 Å². The predicted molar refractivity (Wildman–Crippen MR) is 95.1 cm³/mol. The van der Waals surface area contributed by atoms with Gasteiger partial charge in [0.05, 0.1) is 26.1 Å². The average molecular weight is 410 g/mol. The number of anilines is 1. The molecule has 0 radical (unpaired) electrons. The second-order valence-electron chi connectivity index (χ2n) is 5.18. The Bertz CT molecular complexity index is 589. The number of amides is 1. The van der Waals surface area contributed by atoms with Crippen LogP contribution in [0.1, 0.15) is 32.1 Å². The summed E-state index contributed by atoms with van der Waals surface area (Å²) in [5.41, 5.74) is 5.54.